The molecule has 0 radical (unpaired) electrons. The second kappa shape index (κ2) is 14.8. The minimum Gasteiger partial charge on any atom is -0.492 e. The van der Waals surface area contributed by atoms with Crippen LogP contribution in [0.2, 0.25) is 0 Å². The fraction of sp³-hybridized carbons (Fsp3) is 0.353. The first-order valence-corrected chi connectivity index (χ1v) is 13.9. The van der Waals surface area contributed by atoms with Crippen molar-refractivity contribution in [1.29, 1.82) is 5.26 Å². The summed E-state index contributed by atoms with van der Waals surface area (Å²) in [4.78, 5) is 11.8. The van der Waals surface area contributed by atoms with Gasteiger partial charge in [0.2, 0.25) is 0 Å². The Morgan fingerprint density at radius 1 is 0.875 bits per heavy atom. The summed E-state index contributed by atoms with van der Waals surface area (Å²) in [5, 5.41) is 12.6. The lowest BCUT2D eigenvalue weighted by atomic mass is 9.87. The number of rotatable bonds is 12. The lowest BCUT2D eigenvalue weighted by Crippen LogP contribution is -2.34. The number of unbranched alkanes of at least 4 members (excludes halogenated alkanes) is 1. The summed E-state index contributed by atoms with van der Waals surface area (Å²) in [5.74, 6) is 1.31. The first-order valence-electron chi connectivity index (χ1n) is 13.9. The summed E-state index contributed by atoms with van der Waals surface area (Å²) in [5.41, 5.74) is 5.32. The number of allylic oxidation sites excluding steroid dienone is 1. The van der Waals surface area contributed by atoms with E-state index in [1.807, 2.05) is 81.4 Å². The van der Waals surface area contributed by atoms with Gasteiger partial charge in [-0.3, -0.25) is 0 Å². The first-order chi connectivity index (χ1) is 19.3. The minimum atomic E-state index is -0.542. The van der Waals surface area contributed by atoms with Crippen LogP contribution in [0, 0.1) is 11.3 Å². The number of carbonyl (C=O) groups excluding carboxylic acids is 1. The molecule has 0 aliphatic carbocycles. The molecule has 210 valence electrons. The molecule has 6 nitrogen and oxygen atoms in total. The van der Waals surface area contributed by atoms with Gasteiger partial charge in [-0.05, 0) is 85.7 Å². The molecule has 1 amide bonds. The fourth-order valence-corrected chi connectivity index (χ4v) is 4.26. The molecular weight excluding hydrogens is 500 g/mol. The van der Waals surface area contributed by atoms with Gasteiger partial charge in [0.25, 0.3) is 0 Å². The van der Waals surface area contributed by atoms with Crippen molar-refractivity contribution in [3.63, 3.8) is 0 Å². The number of ether oxygens (including phenoxy) is 3. The van der Waals surface area contributed by atoms with Gasteiger partial charge in [-0.25, -0.2) is 4.79 Å². The maximum Gasteiger partial charge on any atom is 0.407 e. The van der Waals surface area contributed by atoms with E-state index in [4.69, 9.17) is 14.2 Å². The van der Waals surface area contributed by atoms with Gasteiger partial charge in [0.15, 0.2) is 0 Å². The van der Waals surface area contributed by atoms with Crippen LogP contribution in [-0.2, 0) is 4.74 Å². The van der Waals surface area contributed by atoms with Gasteiger partial charge < -0.3 is 19.5 Å². The Hall–Kier alpha value is -4.24. The van der Waals surface area contributed by atoms with E-state index in [2.05, 4.69) is 37.4 Å². The minimum absolute atomic E-state index is 0.316. The summed E-state index contributed by atoms with van der Waals surface area (Å²) in [6.45, 7) is 11.0. The maximum absolute atomic E-state index is 11.8. The highest BCUT2D eigenvalue weighted by Gasteiger charge is 2.17. The molecular formula is C34H40N2O4. The number of nitriles is 1. The molecule has 6 heteroatoms. The summed E-state index contributed by atoms with van der Waals surface area (Å²) in [6, 6.07) is 26.4. The van der Waals surface area contributed by atoms with Crippen molar-refractivity contribution in [2.45, 2.75) is 59.5 Å². The predicted molar refractivity (Wildman–Crippen MR) is 160 cm³/mol. The largest absolute Gasteiger partial charge is 0.492 e. The van der Waals surface area contributed by atoms with Crippen molar-refractivity contribution in [1.82, 2.24) is 5.32 Å². The van der Waals surface area contributed by atoms with Crippen LogP contribution in [0.5, 0.6) is 11.5 Å². The molecule has 0 spiro atoms. The molecule has 3 aromatic carbocycles. The summed E-state index contributed by atoms with van der Waals surface area (Å²) in [7, 11) is 0. The van der Waals surface area contributed by atoms with Gasteiger partial charge in [0.1, 0.15) is 29.8 Å². The molecule has 1 N–H and O–H groups in total. The molecule has 0 saturated heterocycles. The average molecular weight is 541 g/mol. The Morgan fingerprint density at radius 3 is 2.20 bits per heavy atom. The molecule has 3 rings (SSSR count). The molecule has 0 bridgehead atoms. The molecule has 3 aromatic rings. The molecule has 0 heterocycles. The second-order valence-electron chi connectivity index (χ2n) is 10.4. The highest BCUT2D eigenvalue weighted by Crippen LogP contribution is 2.36. The first kappa shape index (κ1) is 30.3. The Labute approximate surface area is 238 Å². The molecule has 0 aliphatic rings. The van der Waals surface area contributed by atoms with E-state index < -0.39 is 11.7 Å². The standard InChI is InChI=1S/C34H40N2O4/c1-6-8-21-39-31-19-16-27(23-28(31)24-35)32(30(7-2)25-12-10-9-11-13-25)26-14-17-29(18-15-26)38-22-20-36-33(37)40-34(3,4)5/h9-19,23H,6-8,20-22H2,1-5H3,(H,36,37)/b32-30+. The van der Waals surface area contributed by atoms with Gasteiger partial charge in [-0.1, -0.05) is 68.8 Å². The fourth-order valence-electron chi connectivity index (χ4n) is 4.26. The summed E-state index contributed by atoms with van der Waals surface area (Å²) < 4.78 is 17.0. The van der Waals surface area contributed by atoms with Crippen molar-refractivity contribution < 1.29 is 19.0 Å². The number of nitrogens with zero attached hydrogens (tertiary/aromatic N) is 1. The van der Waals surface area contributed by atoms with Crippen LogP contribution < -0.4 is 14.8 Å². The highest BCUT2D eigenvalue weighted by molar-refractivity contribution is 5.98. The zero-order valence-electron chi connectivity index (χ0n) is 24.3. The number of benzene rings is 3. The molecule has 0 fully saturated rings. The normalized spacial score (nSPS) is 11.7. The van der Waals surface area contributed by atoms with Gasteiger partial charge >= 0.3 is 6.09 Å². The quantitative estimate of drug-likeness (QED) is 0.186. The third kappa shape index (κ3) is 8.91. The van der Waals surface area contributed by atoms with Gasteiger partial charge in [0, 0.05) is 0 Å². The van der Waals surface area contributed by atoms with Crippen molar-refractivity contribution in [3.8, 4) is 17.6 Å². The zero-order chi connectivity index (χ0) is 29.0. The van der Waals surface area contributed by atoms with Crippen LogP contribution in [0.3, 0.4) is 0 Å². The lowest BCUT2D eigenvalue weighted by molar-refractivity contribution is 0.0520. The molecule has 40 heavy (non-hydrogen) atoms. The van der Waals surface area contributed by atoms with Crippen LogP contribution in [0.4, 0.5) is 4.79 Å². The van der Waals surface area contributed by atoms with Gasteiger partial charge in [-0.2, -0.15) is 5.26 Å². The highest BCUT2D eigenvalue weighted by atomic mass is 16.6. The number of hydrogen-bond donors (Lipinski definition) is 1. The van der Waals surface area contributed by atoms with Crippen molar-refractivity contribution >= 4 is 17.2 Å². The Kier molecular flexibility index (Phi) is 11.2. The van der Waals surface area contributed by atoms with E-state index in [0.29, 0.717) is 36.8 Å². The third-order valence-electron chi connectivity index (χ3n) is 6.10. The summed E-state index contributed by atoms with van der Waals surface area (Å²) in [6.07, 6.45) is 2.32. The van der Waals surface area contributed by atoms with Gasteiger partial charge in [-0.15, -0.1) is 0 Å². The molecule has 0 aromatic heterocycles. The van der Waals surface area contributed by atoms with E-state index in [1.165, 1.54) is 5.57 Å². The Morgan fingerprint density at radius 2 is 1.57 bits per heavy atom. The SMILES string of the molecule is CCCCOc1ccc(/C(=C(\CC)c2ccccc2)c2ccc(OCCNC(=O)OC(C)(C)C)cc2)cc1C#N. The monoisotopic (exact) mass is 540 g/mol. The van der Waals surface area contributed by atoms with Crippen LogP contribution in [0.25, 0.3) is 11.1 Å². The smallest absolute Gasteiger partial charge is 0.407 e. The van der Waals surface area contributed by atoms with Crippen LogP contribution in [-0.4, -0.2) is 31.5 Å². The van der Waals surface area contributed by atoms with E-state index in [-0.39, 0.29) is 0 Å². The van der Waals surface area contributed by atoms with E-state index >= 15 is 0 Å². The third-order valence-corrected chi connectivity index (χ3v) is 6.10. The Bertz CT molecular complexity index is 1320. The molecule has 0 aliphatic heterocycles. The molecule has 0 atom stereocenters. The number of alkyl carbamates (subject to hydrolysis) is 1. The van der Waals surface area contributed by atoms with E-state index in [0.717, 1.165) is 41.5 Å². The number of nitrogens with one attached hydrogen (secondary N) is 1. The van der Waals surface area contributed by atoms with Crippen LogP contribution in [0.15, 0.2) is 72.8 Å². The zero-order valence-corrected chi connectivity index (χ0v) is 24.3. The van der Waals surface area contributed by atoms with E-state index in [1.54, 1.807) is 0 Å². The molecule has 0 unspecified atom stereocenters. The number of amides is 1. The van der Waals surface area contributed by atoms with Crippen molar-refractivity contribution in [3.05, 3.63) is 95.1 Å². The number of hydrogen-bond acceptors (Lipinski definition) is 5. The maximum atomic E-state index is 11.8. The summed E-state index contributed by atoms with van der Waals surface area (Å²) >= 11 is 0. The Balaban J connectivity index is 1.88. The van der Waals surface area contributed by atoms with E-state index in [9.17, 15) is 10.1 Å². The van der Waals surface area contributed by atoms with Crippen LogP contribution >= 0.6 is 0 Å². The molecule has 0 saturated carbocycles. The van der Waals surface area contributed by atoms with Crippen molar-refractivity contribution in [2.24, 2.45) is 0 Å². The predicted octanol–water partition coefficient (Wildman–Crippen LogP) is 8.01. The topological polar surface area (TPSA) is 80.6 Å². The van der Waals surface area contributed by atoms with Crippen LogP contribution in [0.1, 0.15) is 76.1 Å². The number of carbonyl (C=O) groups is 1. The average Bonchev–Trinajstić information content (AvgIpc) is 2.94. The van der Waals surface area contributed by atoms with Gasteiger partial charge in [0.05, 0.1) is 18.7 Å². The second-order valence-corrected chi connectivity index (χ2v) is 10.4. The van der Waals surface area contributed by atoms with Crippen molar-refractivity contribution in [2.75, 3.05) is 19.8 Å². The lowest BCUT2D eigenvalue weighted by Gasteiger charge is -2.19.